The van der Waals surface area contributed by atoms with E-state index in [0.29, 0.717) is 26.3 Å². The Kier molecular flexibility index (Phi) is 30.1. The number of hydrogen-bond acceptors (Lipinski definition) is 14. The monoisotopic (exact) mass is 1010 g/mol. The Balaban J connectivity index is 4.89. The van der Waals surface area contributed by atoms with Crippen molar-refractivity contribution in [3.63, 3.8) is 0 Å². The van der Waals surface area contributed by atoms with Crippen molar-refractivity contribution in [1.29, 1.82) is 0 Å². The van der Waals surface area contributed by atoms with Crippen molar-refractivity contribution in [2.75, 3.05) is 169 Å². The largest absolute Gasteiger partial charge is 0.377 e. The SMILES string of the molecule is CC(C)OCCN(CCOC(C)C)C(=O)CCNC(=O)CN(C)C(=O)CN(C)C(=O)CN(C)C(=O)CN(C)C(=O)CN(C)C(=O)CN(C)C(=O)CN(C)C(=O)CN(C)C(=O)CN(C)C(=O)CN(C)C(C)C. The molecule has 0 radical (unpaired) electrons. The molecule has 0 atom stereocenters. The number of ether oxygens (including phenoxy) is 2. The molecule has 25 nitrogen and oxygen atoms in total. The quantitative estimate of drug-likeness (QED) is 0.0692. The molecular formula is C46H84N12O13. The first-order valence-electron chi connectivity index (χ1n) is 23.5. The third-order valence-electron chi connectivity index (χ3n) is 11.1. The molecule has 0 bridgehead atoms. The molecule has 1 N–H and O–H groups in total. The molecule has 25 heteroatoms. The van der Waals surface area contributed by atoms with Gasteiger partial charge in [-0.25, -0.2) is 0 Å². The van der Waals surface area contributed by atoms with Gasteiger partial charge in [-0.05, 0) is 48.6 Å². The highest BCUT2D eigenvalue weighted by molar-refractivity contribution is 5.93. The smallest absolute Gasteiger partial charge is 0.242 e. The predicted octanol–water partition coefficient (Wildman–Crippen LogP) is -3.36. The molecule has 0 fully saturated rings. The van der Waals surface area contributed by atoms with Crippen molar-refractivity contribution in [3.8, 4) is 0 Å². The molecule has 0 rings (SSSR count). The average molecular weight is 1010 g/mol. The van der Waals surface area contributed by atoms with E-state index >= 15 is 0 Å². The molecule has 0 aromatic heterocycles. The van der Waals surface area contributed by atoms with Gasteiger partial charge in [-0.3, -0.25) is 57.6 Å². The molecule has 0 heterocycles. The van der Waals surface area contributed by atoms with Crippen LogP contribution in [-0.4, -0.2) is 306 Å². The summed E-state index contributed by atoms with van der Waals surface area (Å²) < 4.78 is 11.2. The van der Waals surface area contributed by atoms with Crippen molar-refractivity contribution >= 4 is 65.0 Å². The molecule has 0 aliphatic carbocycles. The van der Waals surface area contributed by atoms with Crippen LogP contribution in [0.1, 0.15) is 48.0 Å². The van der Waals surface area contributed by atoms with E-state index in [9.17, 15) is 52.7 Å². The number of likely N-dealkylation sites (N-methyl/N-ethyl adjacent to an activating group) is 10. The zero-order chi connectivity index (χ0) is 54.9. The van der Waals surface area contributed by atoms with Crippen molar-refractivity contribution in [1.82, 2.24) is 59.2 Å². The van der Waals surface area contributed by atoms with Crippen LogP contribution in [0.2, 0.25) is 0 Å². The fraction of sp³-hybridized carbons (Fsp3) is 0.761. The van der Waals surface area contributed by atoms with Crippen LogP contribution in [0.15, 0.2) is 0 Å². The normalized spacial score (nSPS) is 11.0. The Morgan fingerprint density at radius 2 is 0.592 bits per heavy atom. The lowest BCUT2D eigenvalue weighted by atomic mass is 10.3. The zero-order valence-electron chi connectivity index (χ0n) is 45.3. The second kappa shape index (κ2) is 32.8. The van der Waals surface area contributed by atoms with Crippen LogP contribution in [0.4, 0.5) is 0 Å². The molecule has 0 aliphatic heterocycles. The first-order chi connectivity index (χ1) is 32.9. The minimum atomic E-state index is -0.617. The van der Waals surface area contributed by atoms with Gasteiger partial charge in [0.25, 0.3) is 0 Å². The van der Waals surface area contributed by atoms with Crippen LogP contribution in [0.25, 0.3) is 0 Å². The molecule has 71 heavy (non-hydrogen) atoms. The topological polar surface area (TPSA) is 254 Å². The lowest BCUT2D eigenvalue weighted by molar-refractivity contribution is -0.146. The molecule has 0 spiro atoms. The van der Waals surface area contributed by atoms with Gasteiger partial charge in [0.2, 0.25) is 65.0 Å². The van der Waals surface area contributed by atoms with E-state index in [4.69, 9.17) is 9.47 Å². The Morgan fingerprint density at radius 3 is 0.831 bits per heavy atom. The van der Waals surface area contributed by atoms with Crippen LogP contribution in [0.5, 0.6) is 0 Å². The lowest BCUT2D eigenvalue weighted by Crippen LogP contribution is -2.49. The van der Waals surface area contributed by atoms with Gasteiger partial charge in [0.1, 0.15) is 0 Å². The Morgan fingerprint density at radius 1 is 0.352 bits per heavy atom. The molecule has 0 aromatic carbocycles. The molecule has 0 saturated carbocycles. The standard InChI is InChI=1S/C46H84N12O13/c1-33(2)48(7)24-38(61)50(9)26-40(63)52(11)28-42(65)54(13)30-44(67)56(15)32-46(69)57(16)31-45(68)55(14)29-43(66)53(12)27-41(64)51(10)25-39(62)49(8)23-36(59)47-18-17-37(60)58(19-21-70-34(3)4)20-22-71-35(5)6/h33-35H,17-32H2,1-16H3,(H,47,59). The zero-order valence-corrected chi connectivity index (χ0v) is 45.3. The van der Waals surface area contributed by atoms with Gasteiger partial charge in [-0.2, -0.15) is 0 Å². The highest BCUT2D eigenvalue weighted by Gasteiger charge is 2.26. The first kappa shape index (κ1) is 65.0. The third kappa shape index (κ3) is 26.7. The summed E-state index contributed by atoms with van der Waals surface area (Å²) in [5.41, 5.74) is 0. The van der Waals surface area contributed by atoms with E-state index in [-0.39, 0.29) is 69.2 Å². The third-order valence-corrected chi connectivity index (χ3v) is 11.1. The van der Waals surface area contributed by atoms with E-state index in [1.54, 1.807) is 11.9 Å². The van der Waals surface area contributed by atoms with Crippen LogP contribution in [0.3, 0.4) is 0 Å². The van der Waals surface area contributed by atoms with Crippen molar-refractivity contribution in [3.05, 3.63) is 0 Å². The Bertz CT molecular complexity index is 1800. The average Bonchev–Trinajstić information content (AvgIpc) is 3.27. The maximum atomic E-state index is 13.0. The van der Waals surface area contributed by atoms with Crippen LogP contribution in [0, 0.1) is 0 Å². The van der Waals surface area contributed by atoms with E-state index in [1.165, 1.54) is 68.3 Å². The number of hydrogen-bond donors (Lipinski definition) is 1. The van der Waals surface area contributed by atoms with Gasteiger partial charge in [0.05, 0.1) is 90.9 Å². The molecule has 406 valence electrons. The van der Waals surface area contributed by atoms with Gasteiger partial charge >= 0.3 is 0 Å². The van der Waals surface area contributed by atoms with Crippen molar-refractivity contribution < 1.29 is 62.2 Å². The van der Waals surface area contributed by atoms with E-state index in [0.717, 1.165) is 39.2 Å². The second-order valence-electron chi connectivity index (χ2n) is 18.6. The van der Waals surface area contributed by atoms with Gasteiger partial charge < -0.3 is 63.8 Å². The highest BCUT2D eigenvalue weighted by Crippen LogP contribution is 2.03. The van der Waals surface area contributed by atoms with Gasteiger partial charge in [0.15, 0.2) is 0 Å². The number of carbonyl (C=O) groups excluding carboxylic acids is 11. The lowest BCUT2D eigenvalue weighted by Gasteiger charge is -2.27. The molecule has 0 unspecified atom stereocenters. The van der Waals surface area contributed by atoms with E-state index < -0.39 is 92.4 Å². The van der Waals surface area contributed by atoms with Crippen LogP contribution in [-0.2, 0) is 62.2 Å². The van der Waals surface area contributed by atoms with E-state index in [2.05, 4.69) is 5.32 Å². The second-order valence-corrected chi connectivity index (χ2v) is 18.6. The maximum absolute atomic E-state index is 13.0. The molecular weight excluding hydrogens is 929 g/mol. The summed E-state index contributed by atoms with van der Waals surface area (Å²) in [7, 11) is 14.2. The van der Waals surface area contributed by atoms with Crippen molar-refractivity contribution in [2.45, 2.75) is 66.2 Å². The minimum Gasteiger partial charge on any atom is -0.377 e. The summed E-state index contributed by atoms with van der Waals surface area (Å²) in [6, 6.07) is 0.132. The van der Waals surface area contributed by atoms with Gasteiger partial charge in [-0.1, -0.05) is 0 Å². The van der Waals surface area contributed by atoms with Gasteiger partial charge in [0, 0.05) is 95.5 Å². The fourth-order valence-corrected chi connectivity index (χ4v) is 5.80. The Labute approximate surface area is 420 Å². The summed E-state index contributed by atoms with van der Waals surface area (Å²) in [4.78, 5) is 155. The summed E-state index contributed by atoms with van der Waals surface area (Å²) >= 11 is 0. The number of rotatable bonds is 32. The molecule has 0 saturated heterocycles. The van der Waals surface area contributed by atoms with Crippen LogP contribution >= 0.6 is 0 Å². The number of amides is 11. The van der Waals surface area contributed by atoms with Crippen LogP contribution < -0.4 is 5.32 Å². The summed E-state index contributed by atoms with van der Waals surface area (Å²) in [5.74, 6) is -5.57. The number of nitrogens with one attached hydrogen (secondary N) is 1. The predicted molar refractivity (Wildman–Crippen MR) is 263 cm³/mol. The number of carbonyl (C=O) groups is 11. The number of nitrogens with zero attached hydrogens (tertiary/aromatic N) is 11. The first-order valence-corrected chi connectivity index (χ1v) is 23.5. The molecule has 11 amide bonds. The molecule has 0 aromatic rings. The van der Waals surface area contributed by atoms with E-state index in [1.807, 2.05) is 46.4 Å². The summed E-state index contributed by atoms with van der Waals surface area (Å²) in [6.07, 6.45) is 0.0434. The van der Waals surface area contributed by atoms with Gasteiger partial charge in [-0.15, -0.1) is 0 Å². The maximum Gasteiger partial charge on any atom is 0.242 e. The molecule has 0 aliphatic rings. The fourth-order valence-electron chi connectivity index (χ4n) is 5.80. The minimum absolute atomic E-state index is 0.00811. The Hall–Kier alpha value is -5.95. The summed E-state index contributed by atoms with van der Waals surface area (Å²) in [5, 5.41) is 2.64. The summed E-state index contributed by atoms with van der Waals surface area (Å²) in [6.45, 7) is 9.58. The highest BCUT2D eigenvalue weighted by atomic mass is 16.5. The van der Waals surface area contributed by atoms with Crippen molar-refractivity contribution in [2.24, 2.45) is 0 Å².